The second-order valence-electron chi connectivity index (χ2n) is 6.88. The fourth-order valence-electron chi connectivity index (χ4n) is 3.44. The number of anilines is 2. The summed E-state index contributed by atoms with van der Waals surface area (Å²) in [6.07, 6.45) is 0.328. The summed E-state index contributed by atoms with van der Waals surface area (Å²) >= 11 is 0. The van der Waals surface area contributed by atoms with E-state index in [0.717, 1.165) is 28.1 Å². The van der Waals surface area contributed by atoms with E-state index in [-0.39, 0.29) is 5.91 Å². The molecule has 27 heavy (non-hydrogen) atoms. The van der Waals surface area contributed by atoms with Crippen molar-refractivity contribution in [3.05, 3.63) is 70.9 Å². The van der Waals surface area contributed by atoms with Crippen molar-refractivity contribution < 1.29 is 4.79 Å². The number of rotatable bonds is 4. The molecule has 2 aromatic carbocycles. The Kier molecular flexibility index (Phi) is 4.46. The van der Waals surface area contributed by atoms with Gasteiger partial charge in [-0.05, 0) is 32.5 Å². The molecule has 1 N–H and O–H groups in total. The summed E-state index contributed by atoms with van der Waals surface area (Å²) in [5, 5.41) is 3.16. The Bertz CT molecular complexity index is 1010. The third-order valence-electron chi connectivity index (χ3n) is 4.87. The minimum Gasteiger partial charge on any atom is -0.314 e. The lowest BCUT2D eigenvalue weighted by atomic mass is 10.1. The fourth-order valence-corrected chi connectivity index (χ4v) is 3.44. The van der Waals surface area contributed by atoms with E-state index < -0.39 is 0 Å². The molecule has 3 aromatic rings. The molecular formula is C22H22N4O. The number of aryl methyl sites for hydroxylation is 2. The molecule has 136 valence electrons. The van der Waals surface area contributed by atoms with Crippen molar-refractivity contribution in [2.24, 2.45) is 0 Å². The molecule has 1 aromatic heterocycles. The highest BCUT2D eigenvalue weighted by Crippen LogP contribution is 2.38. The molecule has 0 aliphatic carbocycles. The minimum absolute atomic E-state index is 0.0343. The van der Waals surface area contributed by atoms with E-state index >= 15 is 0 Å². The molecule has 1 aliphatic rings. The third kappa shape index (κ3) is 3.11. The van der Waals surface area contributed by atoms with Gasteiger partial charge in [-0.2, -0.15) is 0 Å². The average molecular weight is 358 g/mol. The number of nitrogens with zero attached hydrogens (tertiary/aromatic N) is 3. The number of para-hydroxylation sites is 1. The molecule has 0 fully saturated rings. The van der Waals surface area contributed by atoms with Gasteiger partial charge in [-0.25, -0.2) is 9.97 Å². The molecule has 4 rings (SSSR count). The van der Waals surface area contributed by atoms with Crippen LogP contribution in [0.3, 0.4) is 0 Å². The van der Waals surface area contributed by atoms with Crippen molar-refractivity contribution in [2.45, 2.75) is 26.8 Å². The van der Waals surface area contributed by atoms with Crippen molar-refractivity contribution in [3.63, 3.8) is 0 Å². The summed E-state index contributed by atoms with van der Waals surface area (Å²) < 4.78 is 0. The van der Waals surface area contributed by atoms with Gasteiger partial charge >= 0.3 is 0 Å². The van der Waals surface area contributed by atoms with Crippen LogP contribution >= 0.6 is 0 Å². The number of carbonyl (C=O) groups is 1. The molecule has 5 nitrogen and oxygen atoms in total. The van der Waals surface area contributed by atoms with Gasteiger partial charge in [0, 0.05) is 17.7 Å². The standard InChI is InChI=1S/C22H22N4O/c1-14-8-10-16(11-9-14)21-24-18(13-23-3)17-12-20(27)26(22(17)25-21)19-7-5-4-6-15(19)2/h4-11,23H,12-13H2,1-3H3. The first kappa shape index (κ1) is 17.4. The van der Waals surface area contributed by atoms with Crippen LogP contribution in [0.4, 0.5) is 11.5 Å². The van der Waals surface area contributed by atoms with Gasteiger partial charge in [-0.1, -0.05) is 48.0 Å². The quantitative estimate of drug-likeness (QED) is 0.773. The number of hydrogen-bond donors (Lipinski definition) is 1. The number of nitrogens with one attached hydrogen (secondary N) is 1. The highest BCUT2D eigenvalue weighted by molar-refractivity contribution is 6.07. The monoisotopic (exact) mass is 358 g/mol. The number of carbonyl (C=O) groups excluding carboxylic acids is 1. The molecule has 2 heterocycles. The lowest BCUT2D eigenvalue weighted by Crippen LogP contribution is -2.22. The van der Waals surface area contributed by atoms with Crippen LogP contribution in [0, 0.1) is 13.8 Å². The summed E-state index contributed by atoms with van der Waals surface area (Å²) in [6.45, 7) is 4.66. The highest BCUT2D eigenvalue weighted by atomic mass is 16.2. The molecule has 0 radical (unpaired) electrons. The largest absolute Gasteiger partial charge is 0.314 e. The van der Waals surface area contributed by atoms with Gasteiger partial charge in [-0.15, -0.1) is 0 Å². The first-order valence-electron chi connectivity index (χ1n) is 9.08. The van der Waals surface area contributed by atoms with Crippen molar-refractivity contribution in [2.75, 3.05) is 11.9 Å². The zero-order valence-corrected chi connectivity index (χ0v) is 15.8. The molecule has 1 aliphatic heterocycles. The second-order valence-corrected chi connectivity index (χ2v) is 6.88. The third-order valence-corrected chi connectivity index (χ3v) is 4.87. The Morgan fingerprint density at radius 3 is 2.48 bits per heavy atom. The zero-order valence-electron chi connectivity index (χ0n) is 15.8. The number of hydrogen-bond acceptors (Lipinski definition) is 4. The summed E-state index contributed by atoms with van der Waals surface area (Å²) in [4.78, 5) is 24.2. The molecule has 5 heteroatoms. The molecule has 0 saturated heterocycles. The van der Waals surface area contributed by atoms with E-state index in [9.17, 15) is 4.79 Å². The van der Waals surface area contributed by atoms with Crippen molar-refractivity contribution in [1.29, 1.82) is 0 Å². The maximum atomic E-state index is 12.9. The summed E-state index contributed by atoms with van der Waals surface area (Å²) in [5.74, 6) is 1.38. The van der Waals surface area contributed by atoms with E-state index in [1.807, 2.05) is 62.5 Å². The highest BCUT2D eigenvalue weighted by Gasteiger charge is 2.34. The van der Waals surface area contributed by atoms with Crippen LogP contribution in [0.25, 0.3) is 11.4 Å². The van der Waals surface area contributed by atoms with E-state index in [0.29, 0.717) is 24.6 Å². The molecule has 0 bridgehead atoms. The van der Waals surface area contributed by atoms with Gasteiger partial charge in [0.2, 0.25) is 5.91 Å². The fraction of sp³-hybridized carbons (Fsp3) is 0.227. The minimum atomic E-state index is 0.0343. The molecular weight excluding hydrogens is 336 g/mol. The number of amides is 1. The molecule has 1 amide bonds. The van der Waals surface area contributed by atoms with Crippen LogP contribution < -0.4 is 10.2 Å². The summed E-state index contributed by atoms with van der Waals surface area (Å²) in [7, 11) is 1.88. The van der Waals surface area contributed by atoms with Gasteiger partial charge in [0.25, 0.3) is 0 Å². The van der Waals surface area contributed by atoms with Crippen LogP contribution in [0.15, 0.2) is 48.5 Å². The molecule has 0 spiro atoms. The van der Waals surface area contributed by atoms with Crippen LogP contribution in [0.5, 0.6) is 0 Å². The van der Waals surface area contributed by atoms with Crippen LogP contribution in [-0.4, -0.2) is 22.9 Å². The number of benzene rings is 2. The lowest BCUT2D eigenvalue weighted by Gasteiger charge is -2.20. The summed E-state index contributed by atoms with van der Waals surface area (Å²) in [5.41, 5.74) is 5.85. The Morgan fingerprint density at radius 1 is 1.04 bits per heavy atom. The van der Waals surface area contributed by atoms with E-state index in [1.54, 1.807) is 4.90 Å². The normalized spacial score (nSPS) is 13.1. The Hall–Kier alpha value is -3.05. The lowest BCUT2D eigenvalue weighted by molar-refractivity contribution is -0.116. The average Bonchev–Trinajstić information content (AvgIpc) is 2.99. The first-order chi connectivity index (χ1) is 13.1. The predicted molar refractivity (Wildman–Crippen MR) is 107 cm³/mol. The summed E-state index contributed by atoms with van der Waals surface area (Å²) in [6, 6.07) is 16.0. The Balaban J connectivity index is 1.90. The maximum Gasteiger partial charge on any atom is 0.237 e. The van der Waals surface area contributed by atoms with Crippen molar-refractivity contribution in [1.82, 2.24) is 15.3 Å². The second kappa shape index (κ2) is 6.93. The van der Waals surface area contributed by atoms with Crippen molar-refractivity contribution in [3.8, 4) is 11.4 Å². The molecule has 0 unspecified atom stereocenters. The van der Waals surface area contributed by atoms with Gasteiger partial charge in [0.15, 0.2) is 5.82 Å². The van der Waals surface area contributed by atoms with Crippen LogP contribution in [-0.2, 0) is 17.8 Å². The smallest absolute Gasteiger partial charge is 0.237 e. The van der Waals surface area contributed by atoms with Gasteiger partial charge in [0.05, 0.1) is 17.8 Å². The Labute approximate surface area is 159 Å². The van der Waals surface area contributed by atoms with E-state index in [1.165, 1.54) is 5.56 Å². The predicted octanol–water partition coefficient (Wildman–Crippen LogP) is 3.70. The van der Waals surface area contributed by atoms with E-state index in [2.05, 4.69) is 12.2 Å². The maximum absolute atomic E-state index is 12.9. The van der Waals surface area contributed by atoms with Gasteiger partial charge in [0.1, 0.15) is 5.82 Å². The molecule has 0 saturated carbocycles. The van der Waals surface area contributed by atoms with Gasteiger partial charge in [-0.3, -0.25) is 9.69 Å². The topological polar surface area (TPSA) is 58.1 Å². The van der Waals surface area contributed by atoms with Crippen molar-refractivity contribution >= 4 is 17.4 Å². The van der Waals surface area contributed by atoms with Crippen LogP contribution in [0.1, 0.15) is 22.4 Å². The first-order valence-corrected chi connectivity index (χ1v) is 9.08. The number of aromatic nitrogens is 2. The molecule has 0 atom stereocenters. The zero-order chi connectivity index (χ0) is 19.0. The SMILES string of the molecule is CNCc1nc(-c2ccc(C)cc2)nc2c1CC(=O)N2c1ccccc1C. The van der Waals surface area contributed by atoms with Gasteiger partial charge < -0.3 is 5.32 Å². The Morgan fingerprint density at radius 2 is 1.78 bits per heavy atom. The van der Waals surface area contributed by atoms with E-state index in [4.69, 9.17) is 9.97 Å². The van der Waals surface area contributed by atoms with Crippen LogP contribution in [0.2, 0.25) is 0 Å². The number of fused-ring (bicyclic) bond motifs is 1.